The summed E-state index contributed by atoms with van der Waals surface area (Å²) in [6.07, 6.45) is 1.23. The van der Waals surface area contributed by atoms with Gasteiger partial charge < -0.3 is 11.1 Å². The summed E-state index contributed by atoms with van der Waals surface area (Å²) in [5.41, 5.74) is 2.12. The summed E-state index contributed by atoms with van der Waals surface area (Å²) < 4.78 is 52.5. The van der Waals surface area contributed by atoms with Crippen LogP contribution < -0.4 is 11.1 Å². The lowest BCUT2D eigenvalue weighted by Gasteiger charge is -2.08. The van der Waals surface area contributed by atoms with E-state index in [0.29, 0.717) is 0 Å². The summed E-state index contributed by atoms with van der Waals surface area (Å²) in [6, 6.07) is 0. The summed E-state index contributed by atoms with van der Waals surface area (Å²) in [4.78, 5) is 11.2. The van der Waals surface area contributed by atoms with E-state index in [1.165, 1.54) is 6.08 Å². The molecular weight excluding hydrogens is 240 g/mol. The Bertz CT molecular complexity index is 459. The van der Waals surface area contributed by atoms with E-state index < -0.39 is 40.4 Å². The molecule has 7 heteroatoms. The van der Waals surface area contributed by atoms with Crippen molar-refractivity contribution in [3.05, 3.63) is 41.5 Å². The molecular formula is C10H8F4N2O. The summed E-state index contributed by atoms with van der Waals surface area (Å²) in [6.45, 7) is 3.14. The van der Waals surface area contributed by atoms with Crippen molar-refractivity contribution in [3.8, 4) is 0 Å². The second-order valence-corrected chi connectivity index (χ2v) is 3.04. The first-order chi connectivity index (χ1) is 7.91. The van der Waals surface area contributed by atoms with Gasteiger partial charge in [0.05, 0.1) is 0 Å². The largest absolute Gasteiger partial charge is 0.394 e. The van der Waals surface area contributed by atoms with Crippen molar-refractivity contribution in [2.45, 2.75) is 0 Å². The van der Waals surface area contributed by atoms with Gasteiger partial charge in [-0.05, 0) is 0 Å². The highest BCUT2D eigenvalue weighted by molar-refractivity contribution is 5.95. The van der Waals surface area contributed by atoms with E-state index in [-0.39, 0.29) is 6.54 Å². The second kappa shape index (κ2) is 4.86. The van der Waals surface area contributed by atoms with Gasteiger partial charge in [-0.25, -0.2) is 17.6 Å². The zero-order valence-corrected chi connectivity index (χ0v) is 8.49. The Morgan fingerprint density at radius 1 is 1.18 bits per heavy atom. The van der Waals surface area contributed by atoms with Crippen LogP contribution in [0.5, 0.6) is 0 Å². The highest BCUT2D eigenvalue weighted by atomic mass is 19.2. The van der Waals surface area contributed by atoms with Crippen molar-refractivity contribution < 1.29 is 22.4 Å². The molecule has 3 N–H and O–H groups in total. The number of nitrogen functional groups attached to an aromatic ring is 1. The predicted molar refractivity (Wildman–Crippen MR) is 53.2 cm³/mol. The zero-order valence-electron chi connectivity index (χ0n) is 8.49. The first-order valence-corrected chi connectivity index (χ1v) is 4.42. The molecule has 17 heavy (non-hydrogen) atoms. The van der Waals surface area contributed by atoms with Crippen LogP contribution in [-0.4, -0.2) is 12.5 Å². The maximum atomic E-state index is 13.2. The lowest BCUT2D eigenvalue weighted by atomic mass is 10.1. The Labute approximate surface area is 93.9 Å². The van der Waals surface area contributed by atoms with Crippen LogP contribution in [0, 0.1) is 23.3 Å². The topological polar surface area (TPSA) is 55.1 Å². The van der Waals surface area contributed by atoms with Gasteiger partial charge in [0.15, 0.2) is 23.3 Å². The molecule has 0 unspecified atom stereocenters. The molecule has 0 saturated carbocycles. The number of carbonyl (C=O) groups excluding carboxylic acids is 1. The SMILES string of the molecule is C=CCNC(=O)c1c(F)c(F)c(N)c(F)c1F. The molecule has 1 aromatic rings. The molecule has 1 rings (SSSR count). The van der Waals surface area contributed by atoms with E-state index in [1.54, 1.807) is 0 Å². The molecule has 3 nitrogen and oxygen atoms in total. The van der Waals surface area contributed by atoms with E-state index in [0.717, 1.165) is 0 Å². The predicted octanol–water partition coefficient (Wildman–Crippen LogP) is 1.74. The van der Waals surface area contributed by atoms with Gasteiger partial charge >= 0.3 is 0 Å². The van der Waals surface area contributed by atoms with Crippen molar-refractivity contribution in [3.63, 3.8) is 0 Å². The molecule has 0 aliphatic carbocycles. The van der Waals surface area contributed by atoms with Crippen LogP contribution in [0.25, 0.3) is 0 Å². The van der Waals surface area contributed by atoms with Gasteiger partial charge in [-0.2, -0.15) is 0 Å². The van der Waals surface area contributed by atoms with Crippen LogP contribution in [0.4, 0.5) is 23.2 Å². The number of rotatable bonds is 3. The fourth-order valence-electron chi connectivity index (χ4n) is 1.10. The van der Waals surface area contributed by atoms with Crippen LogP contribution in [0.1, 0.15) is 10.4 Å². The van der Waals surface area contributed by atoms with Crippen LogP contribution in [0.15, 0.2) is 12.7 Å². The minimum atomic E-state index is -1.83. The Morgan fingerprint density at radius 3 is 2.06 bits per heavy atom. The van der Waals surface area contributed by atoms with Crippen LogP contribution >= 0.6 is 0 Å². The monoisotopic (exact) mass is 248 g/mol. The molecule has 0 heterocycles. The lowest BCUT2D eigenvalue weighted by molar-refractivity contribution is 0.0947. The van der Waals surface area contributed by atoms with Gasteiger partial charge in [-0.15, -0.1) is 6.58 Å². The number of nitrogens with two attached hydrogens (primary N) is 1. The average molecular weight is 248 g/mol. The van der Waals surface area contributed by atoms with Crippen molar-refractivity contribution >= 4 is 11.6 Å². The first kappa shape index (κ1) is 13.0. The smallest absolute Gasteiger partial charge is 0.257 e. The Balaban J connectivity index is 3.33. The maximum Gasteiger partial charge on any atom is 0.257 e. The number of nitrogens with one attached hydrogen (secondary N) is 1. The minimum Gasteiger partial charge on any atom is -0.394 e. The van der Waals surface area contributed by atoms with Gasteiger partial charge in [0, 0.05) is 6.54 Å². The molecule has 0 saturated heterocycles. The molecule has 92 valence electrons. The number of benzene rings is 1. The quantitative estimate of drug-likeness (QED) is 0.370. The van der Waals surface area contributed by atoms with Crippen molar-refractivity contribution in [2.75, 3.05) is 12.3 Å². The molecule has 0 radical (unpaired) electrons. The van der Waals surface area contributed by atoms with Gasteiger partial charge in [0.25, 0.3) is 5.91 Å². The van der Waals surface area contributed by atoms with Gasteiger partial charge in [-0.1, -0.05) is 6.08 Å². The Morgan fingerprint density at radius 2 is 1.65 bits per heavy atom. The van der Waals surface area contributed by atoms with E-state index >= 15 is 0 Å². The summed E-state index contributed by atoms with van der Waals surface area (Å²) >= 11 is 0. The fourth-order valence-corrected chi connectivity index (χ4v) is 1.10. The number of amides is 1. The first-order valence-electron chi connectivity index (χ1n) is 4.42. The number of anilines is 1. The average Bonchev–Trinajstić information content (AvgIpc) is 2.31. The Kier molecular flexibility index (Phi) is 3.72. The van der Waals surface area contributed by atoms with Crippen LogP contribution in [0.3, 0.4) is 0 Å². The molecule has 0 bridgehead atoms. The maximum absolute atomic E-state index is 13.2. The summed E-state index contributed by atoms with van der Waals surface area (Å²) in [5, 5.41) is 1.99. The summed E-state index contributed by atoms with van der Waals surface area (Å²) in [7, 11) is 0. The third kappa shape index (κ3) is 2.22. The van der Waals surface area contributed by atoms with Gasteiger partial charge in [0.1, 0.15) is 11.3 Å². The molecule has 1 aromatic carbocycles. The number of hydrogen-bond acceptors (Lipinski definition) is 2. The van der Waals surface area contributed by atoms with Crippen LogP contribution in [0.2, 0.25) is 0 Å². The molecule has 0 aliphatic rings. The number of hydrogen-bond donors (Lipinski definition) is 2. The van der Waals surface area contributed by atoms with Crippen molar-refractivity contribution in [1.82, 2.24) is 5.32 Å². The van der Waals surface area contributed by atoms with Crippen molar-refractivity contribution in [1.29, 1.82) is 0 Å². The number of halogens is 4. The molecule has 0 atom stereocenters. The number of carbonyl (C=O) groups is 1. The minimum absolute atomic E-state index is 0.106. The van der Waals surface area contributed by atoms with Gasteiger partial charge in [0.2, 0.25) is 0 Å². The third-order valence-corrected chi connectivity index (χ3v) is 1.93. The standard InChI is InChI=1S/C10H8F4N2O/c1-2-3-16-10(17)4-5(11)7(13)9(15)8(14)6(4)12/h2H,1,3,15H2,(H,16,17). The highest BCUT2D eigenvalue weighted by Gasteiger charge is 2.27. The van der Waals surface area contributed by atoms with E-state index in [9.17, 15) is 22.4 Å². The normalized spacial score (nSPS) is 10.1. The highest BCUT2D eigenvalue weighted by Crippen LogP contribution is 2.25. The third-order valence-electron chi connectivity index (χ3n) is 1.93. The second-order valence-electron chi connectivity index (χ2n) is 3.04. The lowest BCUT2D eigenvalue weighted by Crippen LogP contribution is -2.27. The summed E-state index contributed by atoms with van der Waals surface area (Å²) in [5.74, 6) is -8.55. The van der Waals surface area contributed by atoms with E-state index in [4.69, 9.17) is 5.73 Å². The van der Waals surface area contributed by atoms with Crippen LogP contribution in [-0.2, 0) is 0 Å². The van der Waals surface area contributed by atoms with Gasteiger partial charge in [-0.3, -0.25) is 4.79 Å². The Hall–Kier alpha value is -2.05. The fraction of sp³-hybridized carbons (Fsp3) is 0.100. The molecule has 0 aromatic heterocycles. The van der Waals surface area contributed by atoms with E-state index in [1.807, 2.05) is 5.32 Å². The zero-order chi connectivity index (χ0) is 13.2. The van der Waals surface area contributed by atoms with Crippen molar-refractivity contribution in [2.24, 2.45) is 0 Å². The molecule has 1 amide bonds. The molecule has 0 fully saturated rings. The molecule has 0 aliphatic heterocycles. The van der Waals surface area contributed by atoms with E-state index in [2.05, 4.69) is 6.58 Å². The molecule has 0 spiro atoms.